The molecule has 8 heavy (non-hydrogen) atoms. The van der Waals surface area contributed by atoms with Crippen LogP contribution in [-0.2, 0) is 0 Å². The molecule has 0 fully saturated rings. The second-order valence-electron chi connectivity index (χ2n) is 2.05. The number of nitrogens with two attached hydrogens (primary N) is 1. The molecular weight excluding hydrogens is 102 g/mol. The molecule has 0 bridgehead atoms. The lowest BCUT2D eigenvalue weighted by atomic mass is 10.3. The highest BCUT2D eigenvalue weighted by Gasteiger charge is 2.02. The third-order valence-corrected chi connectivity index (χ3v) is 1.14. The van der Waals surface area contributed by atoms with Crippen LogP contribution in [0.3, 0.4) is 0 Å². The molecular formula is C5H11N3. The average molecular weight is 113 g/mol. The van der Waals surface area contributed by atoms with E-state index in [0.717, 1.165) is 12.4 Å². The average Bonchev–Trinajstić information content (AvgIpc) is 1.77. The van der Waals surface area contributed by atoms with E-state index in [9.17, 15) is 0 Å². The van der Waals surface area contributed by atoms with Crippen LogP contribution in [0.25, 0.3) is 0 Å². The van der Waals surface area contributed by atoms with E-state index < -0.39 is 0 Å². The number of rotatable bonds is 0. The smallest absolute Gasteiger partial charge is 0.112 e. The summed E-state index contributed by atoms with van der Waals surface area (Å²) in [6.45, 7) is 3.01. The molecule has 0 saturated carbocycles. The van der Waals surface area contributed by atoms with Crippen LogP contribution in [-0.4, -0.2) is 12.6 Å². The predicted molar refractivity (Wildman–Crippen MR) is 32.9 cm³/mol. The lowest BCUT2D eigenvalue weighted by Crippen LogP contribution is -2.41. The monoisotopic (exact) mass is 113 g/mol. The van der Waals surface area contributed by atoms with Crippen molar-refractivity contribution < 1.29 is 0 Å². The summed E-state index contributed by atoms with van der Waals surface area (Å²) in [5.41, 5.74) is 5.38. The molecule has 0 amide bonds. The Bertz CT molecular complexity index is 108. The lowest BCUT2D eigenvalue weighted by Gasteiger charge is -2.19. The first-order chi connectivity index (χ1) is 3.79. The zero-order valence-electron chi connectivity index (χ0n) is 4.94. The Labute approximate surface area is 48.9 Å². The van der Waals surface area contributed by atoms with Crippen molar-refractivity contribution in [3.8, 4) is 0 Å². The summed E-state index contributed by atoms with van der Waals surface area (Å²) in [5, 5.41) is 6.09. The van der Waals surface area contributed by atoms with Crippen molar-refractivity contribution in [2.45, 2.75) is 13.0 Å². The van der Waals surface area contributed by atoms with Crippen LogP contribution in [0.15, 0.2) is 12.0 Å². The van der Waals surface area contributed by atoms with Gasteiger partial charge in [0.25, 0.3) is 0 Å². The molecule has 0 aromatic heterocycles. The van der Waals surface area contributed by atoms with E-state index in [2.05, 4.69) is 17.6 Å². The SMILES string of the molecule is CC1CNC(N)=CN1. The zero-order valence-corrected chi connectivity index (χ0v) is 4.94. The molecule has 3 heteroatoms. The van der Waals surface area contributed by atoms with Crippen molar-refractivity contribution >= 4 is 0 Å². The molecule has 1 rings (SSSR count). The molecule has 1 atom stereocenters. The minimum Gasteiger partial charge on any atom is -0.384 e. The summed E-state index contributed by atoms with van der Waals surface area (Å²) in [6.07, 6.45) is 1.79. The first kappa shape index (κ1) is 5.28. The van der Waals surface area contributed by atoms with E-state index >= 15 is 0 Å². The van der Waals surface area contributed by atoms with Gasteiger partial charge in [0.15, 0.2) is 0 Å². The van der Waals surface area contributed by atoms with Crippen LogP contribution in [0, 0.1) is 0 Å². The van der Waals surface area contributed by atoms with E-state index in [4.69, 9.17) is 5.73 Å². The highest BCUT2D eigenvalue weighted by Crippen LogP contribution is 1.87. The molecule has 0 saturated heterocycles. The van der Waals surface area contributed by atoms with Crippen LogP contribution in [0.1, 0.15) is 6.92 Å². The van der Waals surface area contributed by atoms with Gasteiger partial charge in [0.1, 0.15) is 5.82 Å². The van der Waals surface area contributed by atoms with Crippen molar-refractivity contribution in [3.63, 3.8) is 0 Å². The molecule has 1 unspecified atom stereocenters. The van der Waals surface area contributed by atoms with E-state index in [1.165, 1.54) is 0 Å². The van der Waals surface area contributed by atoms with Gasteiger partial charge < -0.3 is 16.4 Å². The highest BCUT2D eigenvalue weighted by atomic mass is 15.1. The van der Waals surface area contributed by atoms with Crippen LogP contribution >= 0.6 is 0 Å². The van der Waals surface area contributed by atoms with Crippen molar-refractivity contribution in [3.05, 3.63) is 12.0 Å². The van der Waals surface area contributed by atoms with Gasteiger partial charge in [-0.15, -0.1) is 0 Å². The normalized spacial score (nSPS) is 27.6. The largest absolute Gasteiger partial charge is 0.384 e. The van der Waals surface area contributed by atoms with E-state index in [1.54, 1.807) is 6.20 Å². The van der Waals surface area contributed by atoms with Gasteiger partial charge in [-0.3, -0.25) is 0 Å². The molecule has 46 valence electrons. The Hall–Kier alpha value is -0.860. The number of hydrogen-bond acceptors (Lipinski definition) is 3. The van der Waals surface area contributed by atoms with Gasteiger partial charge in [0.2, 0.25) is 0 Å². The summed E-state index contributed by atoms with van der Waals surface area (Å²) in [6, 6.07) is 0.502. The lowest BCUT2D eigenvalue weighted by molar-refractivity contribution is 0.554. The van der Waals surface area contributed by atoms with Crippen LogP contribution in [0.2, 0.25) is 0 Å². The molecule has 1 aliphatic heterocycles. The van der Waals surface area contributed by atoms with Gasteiger partial charge in [-0.05, 0) is 6.92 Å². The summed E-state index contributed by atoms with van der Waals surface area (Å²) < 4.78 is 0. The molecule has 3 nitrogen and oxygen atoms in total. The summed E-state index contributed by atoms with van der Waals surface area (Å²) in [5.74, 6) is 0.725. The minimum absolute atomic E-state index is 0.502. The molecule has 1 aliphatic rings. The van der Waals surface area contributed by atoms with Gasteiger partial charge in [-0.2, -0.15) is 0 Å². The Morgan fingerprint density at radius 3 is 3.00 bits per heavy atom. The second-order valence-corrected chi connectivity index (χ2v) is 2.05. The third-order valence-electron chi connectivity index (χ3n) is 1.14. The molecule has 0 aliphatic carbocycles. The maximum absolute atomic E-state index is 5.38. The maximum atomic E-state index is 5.38. The fourth-order valence-electron chi connectivity index (χ4n) is 0.613. The van der Waals surface area contributed by atoms with Gasteiger partial charge in [0.05, 0.1) is 0 Å². The molecule has 0 aromatic rings. The quantitative estimate of drug-likeness (QED) is 0.390. The maximum Gasteiger partial charge on any atom is 0.112 e. The van der Waals surface area contributed by atoms with Gasteiger partial charge in [-0.1, -0.05) is 0 Å². The number of hydrogen-bond donors (Lipinski definition) is 3. The fourth-order valence-corrected chi connectivity index (χ4v) is 0.613. The van der Waals surface area contributed by atoms with E-state index in [0.29, 0.717) is 6.04 Å². The molecule has 0 aromatic carbocycles. The number of nitrogens with one attached hydrogen (secondary N) is 2. The third kappa shape index (κ3) is 1.05. The van der Waals surface area contributed by atoms with Gasteiger partial charge >= 0.3 is 0 Å². The van der Waals surface area contributed by atoms with Crippen molar-refractivity contribution in [2.24, 2.45) is 5.73 Å². The highest BCUT2D eigenvalue weighted by molar-refractivity contribution is 4.98. The summed E-state index contributed by atoms with van der Waals surface area (Å²) in [4.78, 5) is 0. The zero-order chi connectivity index (χ0) is 5.98. The predicted octanol–water partition coefficient (Wildman–Crippen LogP) is -0.675. The van der Waals surface area contributed by atoms with Crippen LogP contribution in [0.5, 0.6) is 0 Å². The van der Waals surface area contributed by atoms with E-state index in [-0.39, 0.29) is 0 Å². The Morgan fingerprint density at radius 1 is 1.88 bits per heavy atom. The molecule has 0 radical (unpaired) electrons. The summed E-state index contributed by atoms with van der Waals surface area (Å²) in [7, 11) is 0. The Balaban J connectivity index is 2.42. The Kier molecular flexibility index (Phi) is 1.28. The Morgan fingerprint density at radius 2 is 2.62 bits per heavy atom. The topological polar surface area (TPSA) is 50.1 Å². The first-order valence-electron chi connectivity index (χ1n) is 2.74. The van der Waals surface area contributed by atoms with Crippen LogP contribution < -0.4 is 16.4 Å². The molecule has 0 spiro atoms. The summed E-state index contributed by atoms with van der Waals surface area (Å²) >= 11 is 0. The minimum atomic E-state index is 0.502. The van der Waals surface area contributed by atoms with Gasteiger partial charge in [-0.25, -0.2) is 0 Å². The van der Waals surface area contributed by atoms with E-state index in [1.807, 2.05) is 0 Å². The standard InChI is InChI=1S/C5H11N3/c1-4-2-8-5(6)3-7-4/h3-4,7-8H,2,6H2,1H3. The molecule has 1 heterocycles. The van der Waals surface area contributed by atoms with Crippen LogP contribution in [0.4, 0.5) is 0 Å². The van der Waals surface area contributed by atoms with Crippen molar-refractivity contribution in [2.75, 3.05) is 6.54 Å². The van der Waals surface area contributed by atoms with Crippen molar-refractivity contribution in [1.82, 2.24) is 10.6 Å². The molecule has 4 N–H and O–H groups in total. The second kappa shape index (κ2) is 1.94. The van der Waals surface area contributed by atoms with Crippen molar-refractivity contribution in [1.29, 1.82) is 0 Å². The fraction of sp³-hybridized carbons (Fsp3) is 0.600. The van der Waals surface area contributed by atoms with Gasteiger partial charge in [0, 0.05) is 18.8 Å². The first-order valence-corrected chi connectivity index (χ1v) is 2.74.